The van der Waals surface area contributed by atoms with Gasteiger partial charge in [0.1, 0.15) is 5.75 Å². The van der Waals surface area contributed by atoms with Crippen LogP contribution in [0.2, 0.25) is 0 Å². The predicted octanol–water partition coefficient (Wildman–Crippen LogP) is 1.91. The van der Waals surface area contributed by atoms with Crippen molar-refractivity contribution in [2.24, 2.45) is 0 Å². The van der Waals surface area contributed by atoms with Crippen LogP contribution in [0.5, 0.6) is 5.75 Å². The Labute approximate surface area is 115 Å². The summed E-state index contributed by atoms with van der Waals surface area (Å²) in [4.78, 5) is 2.08. The average Bonchev–Trinajstić information content (AvgIpc) is 2.37. The summed E-state index contributed by atoms with van der Waals surface area (Å²) in [5.74, 6) is 0.858. The van der Waals surface area contributed by atoms with Gasteiger partial charge in [0.15, 0.2) is 0 Å². The Kier molecular flexibility index (Phi) is 6.84. The summed E-state index contributed by atoms with van der Waals surface area (Å²) >= 11 is 0. The second-order valence-electron chi connectivity index (χ2n) is 5.08. The third-order valence-corrected chi connectivity index (χ3v) is 2.76. The number of benzene rings is 1. The molecule has 0 bridgehead atoms. The second-order valence-corrected chi connectivity index (χ2v) is 5.08. The highest BCUT2D eigenvalue weighted by atomic mass is 16.5. The molecule has 0 fully saturated rings. The van der Waals surface area contributed by atoms with Gasteiger partial charge in [-0.15, -0.1) is 0 Å². The number of hydrogen-bond acceptors (Lipinski definition) is 4. The van der Waals surface area contributed by atoms with Crippen molar-refractivity contribution in [2.45, 2.75) is 32.6 Å². The van der Waals surface area contributed by atoms with Crippen LogP contribution in [0.25, 0.3) is 0 Å². The molecule has 0 spiro atoms. The monoisotopic (exact) mass is 267 g/mol. The summed E-state index contributed by atoms with van der Waals surface area (Å²) in [6, 6.07) is 7.96. The lowest BCUT2D eigenvalue weighted by Crippen LogP contribution is -2.32. The number of methoxy groups -OCH3 is 1. The van der Waals surface area contributed by atoms with Crippen LogP contribution in [0.15, 0.2) is 24.3 Å². The van der Waals surface area contributed by atoms with Gasteiger partial charge in [0, 0.05) is 13.1 Å². The molecule has 0 aliphatic rings. The summed E-state index contributed by atoms with van der Waals surface area (Å²) in [6.07, 6.45) is -0.299. The van der Waals surface area contributed by atoms with Crippen molar-refractivity contribution in [1.29, 1.82) is 0 Å². The van der Waals surface area contributed by atoms with Crippen LogP contribution in [-0.2, 0) is 11.3 Å². The number of ether oxygens (including phenoxy) is 2. The number of rotatable bonds is 8. The van der Waals surface area contributed by atoms with E-state index >= 15 is 0 Å². The fourth-order valence-electron chi connectivity index (χ4n) is 1.82. The topological polar surface area (TPSA) is 41.9 Å². The molecule has 0 saturated carbocycles. The van der Waals surface area contributed by atoms with Crippen molar-refractivity contribution in [3.63, 3.8) is 0 Å². The molecule has 1 N–H and O–H groups in total. The summed E-state index contributed by atoms with van der Waals surface area (Å²) in [7, 11) is 3.65. The smallest absolute Gasteiger partial charge is 0.118 e. The highest BCUT2D eigenvalue weighted by Gasteiger charge is 2.09. The zero-order valence-corrected chi connectivity index (χ0v) is 12.3. The fourth-order valence-corrected chi connectivity index (χ4v) is 1.82. The zero-order chi connectivity index (χ0) is 14.3. The van der Waals surface area contributed by atoms with E-state index in [-0.39, 0.29) is 6.10 Å². The van der Waals surface area contributed by atoms with Crippen molar-refractivity contribution in [2.75, 3.05) is 27.3 Å². The maximum absolute atomic E-state index is 9.84. The quantitative estimate of drug-likeness (QED) is 0.781. The van der Waals surface area contributed by atoms with Gasteiger partial charge in [0.25, 0.3) is 0 Å². The number of hydrogen-bond donors (Lipinski definition) is 1. The van der Waals surface area contributed by atoms with Crippen LogP contribution in [0.3, 0.4) is 0 Å². The molecule has 0 aromatic heterocycles. The molecular weight excluding hydrogens is 242 g/mol. The van der Waals surface area contributed by atoms with Gasteiger partial charge in [-0.2, -0.15) is 0 Å². The normalized spacial score (nSPS) is 13.0. The number of likely N-dealkylation sites (N-methyl/N-ethyl adjacent to an activating group) is 1. The first-order chi connectivity index (χ1) is 9.01. The van der Waals surface area contributed by atoms with E-state index in [9.17, 15) is 5.11 Å². The molecule has 4 nitrogen and oxygen atoms in total. The molecule has 1 aromatic rings. The average molecular weight is 267 g/mol. The van der Waals surface area contributed by atoms with E-state index in [4.69, 9.17) is 9.47 Å². The zero-order valence-electron chi connectivity index (χ0n) is 12.3. The lowest BCUT2D eigenvalue weighted by molar-refractivity contribution is -0.00634. The number of aliphatic hydroxyl groups is 1. The number of aliphatic hydroxyl groups excluding tert-OH is 1. The SMILES string of the molecule is COc1ccc(CN(C)C[C@H](O)COC(C)C)cc1. The van der Waals surface area contributed by atoms with Gasteiger partial charge in [-0.1, -0.05) is 12.1 Å². The third kappa shape index (κ3) is 6.57. The van der Waals surface area contributed by atoms with Gasteiger partial charge in [-0.3, -0.25) is 4.90 Å². The molecular formula is C15H25NO3. The summed E-state index contributed by atoms with van der Waals surface area (Å²) in [5.41, 5.74) is 1.19. The Morgan fingerprint density at radius 2 is 1.84 bits per heavy atom. The van der Waals surface area contributed by atoms with Gasteiger partial charge in [-0.25, -0.2) is 0 Å². The van der Waals surface area contributed by atoms with Crippen LogP contribution >= 0.6 is 0 Å². The van der Waals surface area contributed by atoms with Gasteiger partial charge >= 0.3 is 0 Å². The largest absolute Gasteiger partial charge is 0.497 e. The predicted molar refractivity (Wildman–Crippen MR) is 76.4 cm³/mol. The van der Waals surface area contributed by atoms with Crippen molar-refractivity contribution >= 4 is 0 Å². The van der Waals surface area contributed by atoms with E-state index in [1.165, 1.54) is 5.56 Å². The first-order valence-electron chi connectivity index (χ1n) is 6.62. The van der Waals surface area contributed by atoms with Gasteiger partial charge in [0.05, 0.1) is 25.9 Å². The highest BCUT2D eigenvalue weighted by Crippen LogP contribution is 2.12. The van der Waals surface area contributed by atoms with Crippen molar-refractivity contribution in [1.82, 2.24) is 4.90 Å². The Morgan fingerprint density at radius 3 is 2.37 bits per heavy atom. The van der Waals surface area contributed by atoms with Crippen LogP contribution < -0.4 is 4.74 Å². The maximum atomic E-state index is 9.84. The summed E-state index contributed by atoms with van der Waals surface area (Å²) < 4.78 is 10.5. The fraction of sp³-hybridized carbons (Fsp3) is 0.600. The first-order valence-corrected chi connectivity index (χ1v) is 6.62. The van der Waals surface area contributed by atoms with Crippen molar-refractivity contribution in [3.05, 3.63) is 29.8 Å². The molecule has 0 aliphatic carbocycles. The third-order valence-electron chi connectivity index (χ3n) is 2.76. The Morgan fingerprint density at radius 1 is 1.21 bits per heavy atom. The Bertz CT molecular complexity index is 351. The highest BCUT2D eigenvalue weighted by molar-refractivity contribution is 5.27. The molecule has 4 heteroatoms. The first kappa shape index (κ1) is 16.0. The molecule has 0 radical (unpaired) electrons. The molecule has 108 valence electrons. The summed E-state index contributed by atoms with van der Waals surface area (Å²) in [5, 5.41) is 9.84. The van der Waals surface area contributed by atoms with Crippen LogP contribution in [0.1, 0.15) is 19.4 Å². The summed E-state index contributed by atoms with van der Waals surface area (Å²) in [6.45, 7) is 5.70. The van der Waals surface area contributed by atoms with Crippen molar-refractivity contribution < 1.29 is 14.6 Å². The van der Waals surface area contributed by atoms with Gasteiger partial charge < -0.3 is 14.6 Å². The Hall–Kier alpha value is -1.10. The van der Waals surface area contributed by atoms with Crippen LogP contribution in [-0.4, -0.2) is 49.5 Å². The number of nitrogens with zero attached hydrogens (tertiary/aromatic N) is 1. The molecule has 1 atom stereocenters. The van der Waals surface area contributed by atoms with E-state index in [1.807, 2.05) is 45.2 Å². The van der Waals surface area contributed by atoms with Crippen molar-refractivity contribution in [3.8, 4) is 5.75 Å². The molecule has 0 amide bonds. The van der Waals surface area contributed by atoms with E-state index in [0.29, 0.717) is 13.2 Å². The minimum Gasteiger partial charge on any atom is -0.497 e. The maximum Gasteiger partial charge on any atom is 0.118 e. The standard InChI is InChI=1S/C15H25NO3/c1-12(2)19-11-14(17)10-16(3)9-13-5-7-15(18-4)8-6-13/h5-8,12,14,17H,9-11H2,1-4H3/t14-/m0/s1. The lowest BCUT2D eigenvalue weighted by atomic mass is 10.2. The van der Waals surface area contributed by atoms with E-state index in [0.717, 1.165) is 12.3 Å². The van der Waals surface area contributed by atoms with Crippen LogP contribution in [0, 0.1) is 0 Å². The molecule has 1 rings (SSSR count). The van der Waals surface area contributed by atoms with Gasteiger partial charge in [-0.05, 0) is 38.6 Å². The second kappa shape index (κ2) is 8.15. The van der Waals surface area contributed by atoms with E-state index in [2.05, 4.69) is 4.90 Å². The molecule has 1 aromatic carbocycles. The lowest BCUT2D eigenvalue weighted by Gasteiger charge is -2.21. The molecule has 0 unspecified atom stereocenters. The molecule has 0 aliphatic heterocycles. The van der Waals surface area contributed by atoms with Gasteiger partial charge in [0.2, 0.25) is 0 Å². The van der Waals surface area contributed by atoms with E-state index in [1.54, 1.807) is 7.11 Å². The van der Waals surface area contributed by atoms with E-state index < -0.39 is 6.10 Å². The minimum atomic E-state index is -0.453. The Balaban J connectivity index is 2.34. The molecule has 0 heterocycles. The minimum absolute atomic E-state index is 0.154. The molecule has 0 saturated heterocycles. The van der Waals surface area contributed by atoms with Crippen LogP contribution in [0.4, 0.5) is 0 Å². The molecule has 19 heavy (non-hydrogen) atoms.